The second-order valence-electron chi connectivity index (χ2n) is 4.20. The highest BCUT2D eigenvalue weighted by molar-refractivity contribution is 5.10. The van der Waals surface area contributed by atoms with Crippen LogP contribution in [0.5, 0.6) is 0 Å². The lowest BCUT2D eigenvalue weighted by Crippen LogP contribution is -2.51. The minimum Gasteiger partial charge on any atom is -0.375 e. The quantitative estimate of drug-likeness (QED) is 0.615. The summed E-state index contributed by atoms with van der Waals surface area (Å²) < 4.78 is 5.62. The predicted molar refractivity (Wildman–Crippen MR) is 51.3 cm³/mol. The first-order chi connectivity index (χ1) is 6.00. The molecule has 0 radical (unpaired) electrons. The molecule has 13 heavy (non-hydrogen) atoms. The Kier molecular flexibility index (Phi) is 2.94. The van der Waals surface area contributed by atoms with Crippen molar-refractivity contribution >= 4 is 0 Å². The summed E-state index contributed by atoms with van der Waals surface area (Å²) in [7, 11) is 3.93. The van der Waals surface area contributed by atoms with Crippen molar-refractivity contribution in [3.05, 3.63) is 0 Å². The molecule has 1 aliphatic heterocycles. The highest BCUT2D eigenvalue weighted by Gasteiger charge is 2.40. The van der Waals surface area contributed by atoms with Gasteiger partial charge in [0.15, 0.2) is 0 Å². The van der Waals surface area contributed by atoms with Crippen LogP contribution in [0.2, 0.25) is 0 Å². The van der Waals surface area contributed by atoms with Gasteiger partial charge in [-0.2, -0.15) is 5.26 Å². The van der Waals surface area contributed by atoms with E-state index >= 15 is 0 Å². The number of nitrogens with zero attached hydrogens (tertiary/aromatic N) is 2. The second-order valence-corrected chi connectivity index (χ2v) is 4.20. The summed E-state index contributed by atoms with van der Waals surface area (Å²) in [4.78, 5) is 2.02. The number of hydrogen-bond donors (Lipinski definition) is 0. The fourth-order valence-electron chi connectivity index (χ4n) is 2.08. The van der Waals surface area contributed by atoms with Gasteiger partial charge in [0.05, 0.1) is 18.3 Å². The number of hydrogen-bond acceptors (Lipinski definition) is 3. The van der Waals surface area contributed by atoms with Crippen LogP contribution < -0.4 is 0 Å². The molecule has 1 saturated heterocycles. The van der Waals surface area contributed by atoms with Gasteiger partial charge in [-0.05, 0) is 27.9 Å². The monoisotopic (exact) mass is 182 g/mol. The fourth-order valence-corrected chi connectivity index (χ4v) is 2.08. The molecular weight excluding hydrogens is 164 g/mol. The van der Waals surface area contributed by atoms with Crippen molar-refractivity contribution in [3.63, 3.8) is 0 Å². The molecule has 1 aliphatic rings. The molecule has 0 spiro atoms. The second kappa shape index (κ2) is 3.65. The van der Waals surface area contributed by atoms with Crippen molar-refractivity contribution < 1.29 is 4.74 Å². The summed E-state index contributed by atoms with van der Waals surface area (Å²) in [6.07, 6.45) is 1.98. The molecule has 3 heteroatoms. The third-order valence-corrected chi connectivity index (χ3v) is 2.78. The Bertz CT molecular complexity index is 209. The largest absolute Gasteiger partial charge is 0.375 e. The number of rotatable bonds is 1. The molecule has 1 fully saturated rings. The van der Waals surface area contributed by atoms with Gasteiger partial charge in [-0.3, -0.25) is 4.90 Å². The van der Waals surface area contributed by atoms with Crippen molar-refractivity contribution in [1.82, 2.24) is 4.90 Å². The van der Waals surface area contributed by atoms with E-state index in [4.69, 9.17) is 4.74 Å². The average Bonchev–Trinajstić information content (AvgIpc) is 2.02. The van der Waals surface area contributed by atoms with E-state index in [0.29, 0.717) is 0 Å². The highest BCUT2D eigenvalue weighted by Crippen LogP contribution is 2.31. The van der Waals surface area contributed by atoms with Gasteiger partial charge in [0.2, 0.25) is 0 Å². The SMILES string of the molecule is CC1CC(C#N)(N(C)C)CC(C)O1. The Morgan fingerprint density at radius 1 is 1.31 bits per heavy atom. The molecule has 1 rings (SSSR count). The van der Waals surface area contributed by atoms with Gasteiger partial charge in [-0.25, -0.2) is 0 Å². The predicted octanol–water partition coefficient (Wildman–Crippen LogP) is 1.40. The van der Waals surface area contributed by atoms with Crippen molar-refractivity contribution in [3.8, 4) is 6.07 Å². The lowest BCUT2D eigenvalue weighted by Gasteiger charge is -2.42. The van der Waals surface area contributed by atoms with Gasteiger partial charge in [-0.15, -0.1) is 0 Å². The van der Waals surface area contributed by atoms with Crippen molar-refractivity contribution in [1.29, 1.82) is 5.26 Å². The van der Waals surface area contributed by atoms with Crippen LogP contribution in [0.15, 0.2) is 0 Å². The Hall–Kier alpha value is -0.590. The third kappa shape index (κ3) is 2.01. The van der Waals surface area contributed by atoms with E-state index in [1.54, 1.807) is 0 Å². The molecule has 2 unspecified atom stereocenters. The van der Waals surface area contributed by atoms with E-state index in [1.165, 1.54) is 0 Å². The van der Waals surface area contributed by atoms with E-state index in [9.17, 15) is 5.26 Å². The van der Waals surface area contributed by atoms with Crippen molar-refractivity contribution in [2.75, 3.05) is 14.1 Å². The first kappa shape index (κ1) is 10.5. The maximum Gasteiger partial charge on any atom is 0.113 e. The Balaban J connectivity index is 2.82. The molecule has 0 amide bonds. The van der Waals surface area contributed by atoms with Gasteiger partial charge in [0.1, 0.15) is 5.54 Å². The highest BCUT2D eigenvalue weighted by atomic mass is 16.5. The maximum atomic E-state index is 9.20. The molecule has 0 aliphatic carbocycles. The Morgan fingerprint density at radius 3 is 2.08 bits per heavy atom. The third-order valence-electron chi connectivity index (χ3n) is 2.78. The van der Waals surface area contributed by atoms with Crippen LogP contribution in [0.4, 0.5) is 0 Å². The van der Waals surface area contributed by atoms with E-state index in [-0.39, 0.29) is 17.7 Å². The van der Waals surface area contributed by atoms with E-state index in [1.807, 2.05) is 32.8 Å². The van der Waals surface area contributed by atoms with Crippen LogP contribution in [0, 0.1) is 11.3 Å². The first-order valence-corrected chi connectivity index (χ1v) is 4.74. The molecule has 0 aromatic heterocycles. The molecule has 0 saturated carbocycles. The van der Waals surface area contributed by atoms with E-state index in [2.05, 4.69) is 6.07 Å². The van der Waals surface area contributed by atoms with Crippen molar-refractivity contribution in [2.24, 2.45) is 0 Å². The van der Waals surface area contributed by atoms with Crippen LogP contribution in [-0.4, -0.2) is 36.7 Å². The Morgan fingerprint density at radius 2 is 1.77 bits per heavy atom. The molecule has 3 nitrogen and oxygen atoms in total. The average molecular weight is 182 g/mol. The van der Waals surface area contributed by atoms with E-state index < -0.39 is 0 Å². The topological polar surface area (TPSA) is 36.3 Å². The molecule has 0 N–H and O–H groups in total. The summed E-state index contributed by atoms with van der Waals surface area (Å²) in [5.74, 6) is 0. The minimum absolute atomic E-state index is 0.186. The van der Waals surface area contributed by atoms with Crippen LogP contribution in [-0.2, 0) is 4.74 Å². The zero-order valence-electron chi connectivity index (χ0n) is 8.87. The standard InChI is InChI=1S/C10H18N2O/c1-8-5-10(7-11,12(3)4)6-9(2)13-8/h8-9H,5-6H2,1-4H3. The smallest absolute Gasteiger partial charge is 0.113 e. The van der Waals surface area contributed by atoms with Crippen LogP contribution >= 0.6 is 0 Å². The fraction of sp³-hybridized carbons (Fsp3) is 0.900. The molecule has 0 aromatic rings. The first-order valence-electron chi connectivity index (χ1n) is 4.74. The zero-order chi connectivity index (χ0) is 10.1. The maximum absolute atomic E-state index is 9.20. The van der Waals surface area contributed by atoms with Crippen LogP contribution in [0.3, 0.4) is 0 Å². The summed E-state index contributed by atoms with van der Waals surface area (Å²) in [5, 5.41) is 9.20. The number of nitriles is 1. The zero-order valence-corrected chi connectivity index (χ0v) is 8.87. The molecular formula is C10H18N2O. The minimum atomic E-state index is -0.322. The molecule has 74 valence electrons. The van der Waals surface area contributed by atoms with Gasteiger partial charge in [0, 0.05) is 12.8 Å². The lowest BCUT2D eigenvalue weighted by molar-refractivity contribution is -0.0776. The molecule has 0 bridgehead atoms. The summed E-state index contributed by atoms with van der Waals surface area (Å²) >= 11 is 0. The molecule has 2 atom stereocenters. The lowest BCUT2D eigenvalue weighted by atomic mass is 9.84. The van der Waals surface area contributed by atoms with E-state index in [0.717, 1.165) is 12.8 Å². The molecule has 1 heterocycles. The number of ether oxygens (including phenoxy) is 1. The van der Waals surface area contributed by atoms with Gasteiger partial charge < -0.3 is 4.74 Å². The van der Waals surface area contributed by atoms with Gasteiger partial charge >= 0.3 is 0 Å². The molecule has 0 aromatic carbocycles. The van der Waals surface area contributed by atoms with Crippen molar-refractivity contribution in [2.45, 2.75) is 44.4 Å². The summed E-state index contributed by atoms with van der Waals surface area (Å²) in [5.41, 5.74) is -0.322. The van der Waals surface area contributed by atoms with Gasteiger partial charge in [-0.1, -0.05) is 0 Å². The summed E-state index contributed by atoms with van der Waals surface area (Å²) in [6.45, 7) is 4.07. The van der Waals surface area contributed by atoms with Crippen LogP contribution in [0.25, 0.3) is 0 Å². The Labute approximate surface area is 80.3 Å². The van der Waals surface area contributed by atoms with Crippen LogP contribution in [0.1, 0.15) is 26.7 Å². The van der Waals surface area contributed by atoms with Gasteiger partial charge in [0.25, 0.3) is 0 Å². The normalized spacial score (nSPS) is 40.3. The summed E-state index contributed by atoms with van der Waals surface area (Å²) in [6, 6.07) is 2.42.